The van der Waals surface area contributed by atoms with Crippen molar-refractivity contribution >= 4 is 46.1 Å². The summed E-state index contributed by atoms with van der Waals surface area (Å²) in [4.78, 5) is 16.5. The molecule has 0 aliphatic carbocycles. The van der Waals surface area contributed by atoms with Crippen LogP contribution in [-0.4, -0.2) is 23.8 Å². The van der Waals surface area contributed by atoms with Crippen LogP contribution in [0.15, 0.2) is 46.0 Å². The number of carbonyl (C=O) groups excluding carboxylic acids is 1. The Labute approximate surface area is 148 Å². The van der Waals surface area contributed by atoms with Gasteiger partial charge in [0.1, 0.15) is 11.3 Å². The number of nitrogens with one attached hydrogen (secondary N) is 1. The molecular formula is C17H15ClN2O3S. The highest BCUT2D eigenvalue weighted by atomic mass is 35.5. The standard InChI is InChI=1S/C17H15ClN2O3S/c1-10-3-5-14(22-2)12(7-10)19-16(21)9-24-17-20-13-8-11(18)4-6-15(13)23-17/h3-8H,9H2,1-2H3,(H,19,21). The number of nitrogens with zero attached hydrogens (tertiary/aromatic N) is 1. The second kappa shape index (κ2) is 7.15. The number of hydrogen-bond donors (Lipinski definition) is 1. The molecule has 24 heavy (non-hydrogen) atoms. The number of hydrogen-bond acceptors (Lipinski definition) is 5. The van der Waals surface area contributed by atoms with Crippen LogP contribution in [0, 0.1) is 6.92 Å². The fourth-order valence-corrected chi connectivity index (χ4v) is 2.98. The first-order valence-electron chi connectivity index (χ1n) is 7.18. The zero-order valence-corrected chi connectivity index (χ0v) is 14.7. The lowest BCUT2D eigenvalue weighted by Gasteiger charge is -2.10. The summed E-state index contributed by atoms with van der Waals surface area (Å²) in [5.74, 6) is 0.636. The van der Waals surface area contributed by atoms with Gasteiger partial charge in [-0.3, -0.25) is 4.79 Å². The molecule has 0 atom stereocenters. The molecule has 0 aliphatic rings. The molecule has 1 aromatic heterocycles. The highest BCUT2D eigenvalue weighted by Gasteiger charge is 2.12. The molecule has 0 unspecified atom stereocenters. The highest BCUT2D eigenvalue weighted by Crippen LogP contribution is 2.27. The van der Waals surface area contributed by atoms with Crippen molar-refractivity contribution in [2.45, 2.75) is 12.1 Å². The molecule has 0 fully saturated rings. The van der Waals surface area contributed by atoms with Crippen LogP contribution in [0.3, 0.4) is 0 Å². The number of halogens is 1. The predicted octanol–water partition coefficient (Wildman–Crippen LogP) is 4.53. The molecule has 0 saturated heterocycles. The van der Waals surface area contributed by atoms with E-state index in [2.05, 4.69) is 10.3 Å². The minimum Gasteiger partial charge on any atom is -0.495 e. The number of methoxy groups -OCH3 is 1. The van der Waals surface area contributed by atoms with Crippen LogP contribution in [0.1, 0.15) is 5.56 Å². The monoisotopic (exact) mass is 362 g/mol. The van der Waals surface area contributed by atoms with Crippen molar-refractivity contribution in [2.24, 2.45) is 0 Å². The first kappa shape index (κ1) is 16.7. The van der Waals surface area contributed by atoms with Crippen molar-refractivity contribution in [3.63, 3.8) is 0 Å². The molecule has 3 aromatic rings. The Morgan fingerprint density at radius 1 is 1.33 bits per heavy atom. The van der Waals surface area contributed by atoms with Gasteiger partial charge in [0.15, 0.2) is 5.58 Å². The first-order valence-corrected chi connectivity index (χ1v) is 8.55. The molecule has 0 radical (unpaired) electrons. The third-order valence-electron chi connectivity index (χ3n) is 3.29. The van der Waals surface area contributed by atoms with Crippen LogP contribution in [0.25, 0.3) is 11.1 Å². The van der Waals surface area contributed by atoms with E-state index in [4.69, 9.17) is 20.8 Å². The van der Waals surface area contributed by atoms with Gasteiger partial charge in [0.2, 0.25) is 5.91 Å². The van der Waals surface area contributed by atoms with E-state index in [0.29, 0.717) is 32.8 Å². The molecule has 5 nitrogen and oxygen atoms in total. The smallest absolute Gasteiger partial charge is 0.257 e. The Hall–Kier alpha value is -2.18. The Morgan fingerprint density at radius 3 is 2.96 bits per heavy atom. The van der Waals surface area contributed by atoms with E-state index in [1.54, 1.807) is 25.3 Å². The average molecular weight is 363 g/mol. The Kier molecular flexibility index (Phi) is 4.97. The van der Waals surface area contributed by atoms with Crippen LogP contribution in [0.2, 0.25) is 5.02 Å². The molecular weight excluding hydrogens is 348 g/mol. The molecule has 1 heterocycles. The normalized spacial score (nSPS) is 10.8. The number of benzene rings is 2. The number of aryl methyl sites for hydroxylation is 1. The van der Waals surface area contributed by atoms with E-state index < -0.39 is 0 Å². The molecule has 7 heteroatoms. The van der Waals surface area contributed by atoms with Gasteiger partial charge < -0.3 is 14.5 Å². The highest BCUT2D eigenvalue weighted by molar-refractivity contribution is 7.99. The lowest BCUT2D eigenvalue weighted by Crippen LogP contribution is -2.14. The zero-order valence-electron chi connectivity index (χ0n) is 13.1. The van der Waals surface area contributed by atoms with Gasteiger partial charge in [-0.25, -0.2) is 4.98 Å². The van der Waals surface area contributed by atoms with Gasteiger partial charge in [-0.15, -0.1) is 0 Å². The van der Waals surface area contributed by atoms with Crippen molar-refractivity contribution in [2.75, 3.05) is 18.2 Å². The van der Waals surface area contributed by atoms with Gasteiger partial charge in [0.05, 0.1) is 18.6 Å². The molecule has 124 valence electrons. The van der Waals surface area contributed by atoms with Gasteiger partial charge in [-0.05, 0) is 42.8 Å². The fraction of sp³-hybridized carbons (Fsp3) is 0.176. The van der Waals surface area contributed by atoms with Gasteiger partial charge in [-0.2, -0.15) is 0 Å². The Morgan fingerprint density at radius 2 is 2.17 bits per heavy atom. The number of ether oxygens (including phenoxy) is 1. The topological polar surface area (TPSA) is 64.4 Å². The van der Waals surface area contributed by atoms with E-state index >= 15 is 0 Å². The van der Waals surface area contributed by atoms with Gasteiger partial charge >= 0.3 is 0 Å². The summed E-state index contributed by atoms with van der Waals surface area (Å²) in [7, 11) is 1.57. The van der Waals surface area contributed by atoms with Gasteiger partial charge in [0.25, 0.3) is 5.22 Å². The van der Waals surface area contributed by atoms with Crippen molar-refractivity contribution in [3.8, 4) is 5.75 Å². The molecule has 1 N–H and O–H groups in total. The number of fused-ring (bicyclic) bond motifs is 1. The quantitative estimate of drug-likeness (QED) is 0.675. The molecule has 0 aliphatic heterocycles. The number of amides is 1. The summed E-state index contributed by atoms with van der Waals surface area (Å²) in [6.45, 7) is 1.95. The maximum atomic E-state index is 12.2. The van der Waals surface area contributed by atoms with E-state index in [9.17, 15) is 4.79 Å². The fourth-order valence-electron chi connectivity index (χ4n) is 2.17. The summed E-state index contributed by atoms with van der Waals surface area (Å²) < 4.78 is 10.8. The number of thioether (sulfide) groups is 1. The van der Waals surface area contributed by atoms with Crippen LogP contribution in [0.4, 0.5) is 5.69 Å². The summed E-state index contributed by atoms with van der Waals surface area (Å²) in [6.07, 6.45) is 0. The third-order valence-corrected chi connectivity index (χ3v) is 4.35. The van der Waals surface area contributed by atoms with E-state index in [0.717, 1.165) is 5.56 Å². The zero-order chi connectivity index (χ0) is 17.1. The lowest BCUT2D eigenvalue weighted by molar-refractivity contribution is -0.113. The van der Waals surface area contributed by atoms with Crippen LogP contribution < -0.4 is 10.1 Å². The molecule has 0 spiro atoms. The summed E-state index contributed by atoms with van der Waals surface area (Å²) in [6, 6.07) is 10.8. The van der Waals surface area contributed by atoms with Gasteiger partial charge in [-0.1, -0.05) is 29.4 Å². The van der Waals surface area contributed by atoms with Crippen molar-refractivity contribution in [1.82, 2.24) is 4.98 Å². The molecule has 1 amide bonds. The second-order valence-electron chi connectivity index (χ2n) is 5.13. The first-order chi connectivity index (χ1) is 11.5. The minimum atomic E-state index is -0.163. The average Bonchev–Trinajstić information content (AvgIpc) is 2.95. The number of rotatable bonds is 5. The summed E-state index contributed by atoms with van der Waals surface area (Å²) in [5.41, 5.74) is 3.00. The minimum absolute atomic E-state index is 0.163. The third kappa shape index (κ3) is 3.83. The second-order valence-corrected chi connectivity index (χ2v) is 6.50. The number of oxazole rings is 1. The van der Waals surface area contributed by atoms with Crippen molar-refractivity contribution in [3.05, 3.63) is 47.0 Å². The van der Waals surface area contributed by atoms with Crippen LogP contribution in [-0.2, 0) is 4.79 Å². The SMILES string of the molecule is COc1ccc(C)cc1NC(=O)CSc1nc2cc(Cl)ccc2o1. The number of aromatic nitrogens is 1. The van der Waals surface area contributed by atoms with E-state index in [1.807, 2.05) is 25.1 Å². The predicted molar refractivity (Wildman–Crippen MR) is 96.1 cm³/mol. The van der Waals surface area contributed by atoms with E-state index in [1.165, 1.54) is 11.8 Å². The molecule has 3 rings (SSSR count). The summed E-state index contributed by atoms with van der Waals surface area (Å²) in [5, 5.41) is 3.86. The largest absolute Gasteiger partial charge is 0.495 e. The number of carbonyl (C=O) groups is 1. The molecule has 0 bridgehead atoms. The molecule has 0 saturated carbocycles. The maximum Gasteiger partial charge on any atom is 0.257 e. The summed E-state index contributed by atoms with van der Waals surface area (Å²) >= 11 is 7.15. The Bertz CT molecular complexity index is 895. The van der Waals surface area contributed by atoms with Crippen molar-refractivity contribution in [1.29, 1.82) is 0 Å². The van der Waals surface area contributed by atoms with Crippen LogP contribution in [0.5, 0.6) is 5.75 Å². The number of anilines is 1. The molecule has 2 aromatic carbocycles. The van der Waals surface area contributed by atoms with Gasteiger partial charge in [0, 0.05) is 5.02 Å². The maximum absolute atomic E-state index is 12.2. The lowest BCUT2D eigenvalue weighted by atomic mass is 10.2. The Balaban J connectivity index is 1.65. The van der Waals surface area contributed by atoms with E-state index in [-0.39, 0.29) is 11.7 Å². The van der Waals surface area contributed by atoms with Crippen molar-refractivity contribution < 1.29 is 13.9 Å². The van der Waals surface area contributed by atoms with Crippen LogP contribution >= 0.6 is 23.4 Å².